The van der Waals surface area contributed by atoms with Crippen LogP contribution in [-0.4, -0.2) is 37.0 Å². The molecule has 0 aromatic carbocycles. The lowest BCUT2D eigenvalue weighted by molar-refractivity contribution is 0.683. The van der Waals surface area contributed by atoms with E-state index in [1.807, 2.05) is 20.9 Å². The molecule has 0 spiro atoms. The Balaban J connectivity index is 2.77. The summed E-state index contributed by atoms with van der Waals surface area (Å²) < 4.78 is 13.0. The van der Waals surface area contributed by atoms with E-state index in [4.69, 9.17) is 18.0 Å². The van der Waals surface area contributed by atoms with E-state index >= 15 is 0 Å². The monoisotopic (exact) mass is 274 g/mol. The van der Waals surface area contributed by atoms with Gasteiger partial charge in [-0.25, -0.2) is 0 Å². The first-order valence-corrected chi connectivity index (χ1v) is 7.29. The van der Waals surface area contributed by atoms with Crippen LogP contribution in [0.5, 0.6) is 0 Å². The van der Waals surface area contributed by atoms with Crippen molar-refractivity contribution in [2.24, 2.45) is 12.8 Å². The number of nitrogens with zero attached hydrogens (tertiary/aromatic N) is 2. The second-order valence-corrected chi connectivity index (χ2v) is 5.96. The largest absolute Gasteiger partial charge is 0.389 e. The van der Waals surface area contributed by atoms with E-state index in [1.165, 1.54) is 0 Å². The Labute approximate surface area is 109 Å². The summed E-state index contributed by atoms with van der Waals surface area (Å²) in [7, 11) is 1.05. The summed E-state index contributed by atoms with van der Waals surface area (Å²) in [4.78, 5) is 0.328. The van der Waals surface area contributed by atoms with Crippen LogP contribution in [0, 0.1) is 6.92 Å². The van der Waals surface area contributed by atoms with Gasteiger partial charge in [0.2, 0.25) is 0 Å². The number of nitrogens with one attached hydrogen (secondary N) is 1. The Morgan fingerprint density at radius 1 is 1.65 bits per heavy atom. The van der Waals surface area contributed by atoms with Gasteiger partial charge in [-0.15, -0.1) is 0 Å². The summed E-state index contributed by atoms with van der Waals surface area (Å²) in [6, 6.07) is 0. The van der Waals surface area contributed by atoms with Crippen LogP contribution in [-0.2, 0) is 17.8 Å². The Morgan fingerprint density at radius 2 is 2.29 bits per heavy atom. The number of aryl methyl sites for hydroxylation is 2. The van der Waals surface area contributed by atoms with Crippen molar-refractivity contribution in [2.75, 3.05) is 23.4 Å². The highest BCUT2D eigenvalue weighted by molar-refractivity contribution is 7.84. The number of aromatic nitrogens is 2. The molecule has 1 rings (SSSR count). The fraction of sp³-hybridized carbons (Fsp3) is 0.600. The number of rotatable bonds is 6. The predicted octanol–water partition coefficient (Wildman–Crippen LogP) is 0.543. The van der Waals surface area contributed by atoms with E-state index in [1.54, 1.807) is 4.68 Å². The molecule has 1 atom stereocenters. The highest BCUT2D eigenvalue weighted by atomic mass is 32.2. The third-order valence-electron chi connectivity index (χ3n) is 2.41. The highest BCUT2D eigenvalue weighted by Gasteiger charge is 2.14. The normalized spacial score (nSPS) is 12.4. The first kappa shape index (κ1) is 14.1. The molecule has 0 radical (unpaired) electrons. The molecule has 0 amide bonds. The zero-order chi connectivity index (χ0) is 13.0. The van der Waals surface area contributed by atoms with Crippen molar-refractivity contribution in [1.29, 1.82) is 0 Å². The molecule has 0 aliphatic heterocycles. The van der Waals surface area contributed by atoms with Crippen LogP contribution in [0.2, 0.25) is 0 Å². The third kappa shape index (κ3) is 3.50. The summed E-state index contributed by atoms with van der Waals surface area (Å²) in [6.07, 6.45) is 0. The van der Waals surface area contributed by atoms with Crippen molar-refractivity contribution in [3.8, 4) is 0 Å². The fourth-order valence-electron chi connectivity index (χ4n) is 1.58. The van der Waals surface area contributed by atoms with E-state index in [2.05, 4.69) is 10.4 Å². The van der Waals surface area contributed by atoms with E-state index in [-0.39, 0.29) is 0 Å². The minimum Gasteiger partial charge on any atom is -0.389 e. The maximum atomic E-state index is 11.3. The van der Waals surface area contributed by atoms with Gasteiger partial charge in [0.25, 0.3) is 0 Å². The van der Waals surface area contributed by atoms with Gasteiger partial charge in [0.05, 0.1) is 11.3 Å². The zero-order valence-electron chi connectivity index (χ0n) is 10.3. The van der Waals surface area contributed by atoms with Gasteiger partial charge in [-0.2, -0.15) is 5.10 Å². The van der Waals surface area contributed by atoms with Gasteiger partial charge in [-0.3, -0.25) is 8.89 Å². The number of anilines is 1. The second kappa shape index (κ2) is 6.11. The molecule has 0 aliphatic carbocycles. The molecule has 1 heterocycles. The summed E-state index contributed by atoms with van der Waals surface area (Å²) in [5.74, 6) is 2.08. The van der Waals surface area contributed by atoms with Gasteiger partial charge in [0.15, 0.2) is 0 Å². The van der Waals surface area contributed by atoms with Crippen LogP contribution < -0.4 is 11.1 Å². The molecule has 0 saturated heterocycles. The number of nitrogens with two attached hydrogens (primary N) is 1. The van der Waals surface area contributed by atoms with Crippen LogP contribution in [0.4, 0.5) is 5.82 Å². The molecule has 0 bridgehead atoms. The van der Waals surface area contributed by atoms with Gasteiger partial charge in [-0.1, -0.05) is 19.1 Å². The molecule has 3 N–H and O–H groups in total. The van der Waals surface area contributed by atoms with Crippen molar-refractivity contribution in [3.63, 3.8) is 0 Å². The Hall–Kier alpha value is -0.950. The number of hydrogen-bond donors (Lipinski definition) is 2. The van der Waals surface area contributed by atoms with Gasteiger partial charge in [0.1, 0.15) is 10.8 Å². The predicted molar refractivity (Wildman–Crippen MR) is 75.9 cm³/mol. The minimum absolute atomic E-state index is 0.328. The van der Waals surface area contributed by atoms with Crippen molar-refractivity contribution in [2.45, 2.75) is 13.8 Å². The zero-order valence-corrected chi connectivity index (χ0v) is 12.0. The Kier molecular flexibility index (Phi) is 5.07. The van der Waals surface area contributed by atoms with Crippen molar-refractivity contribution < 1.29 is 4.21 Å². The van der Waals surface area contributed by atoms with E-state index in [9.17, 15) is 4.21 Å². The molecule has 0 saturated carbocycles. The Morgan fingerprint density at radius 3 is 2.82 bits per heavy atom. The lowest BCUT2D eigenvalue weighted by Gasteiger charge is -2.08. The molecular weight excluding hydrogens is 256 g/mol. The van der Waals surface area contributed by atoms with Gasteiger partial charge in [-0.05, 0) is 6.92 Å². The topological polar surface area (TPSA) is 72.9 Å². The fourth-order valence-corrected chi connectivity index (χ4v) is 2.45. The molecule has 7 heteroatoms. The van der Waals surface area contributed by atoms with Crippen LogP contribution in [0.1, 0.15) is 18.2 Å². The minimum atomic E-state index is -0.774. The van der Waals surface area contributed by atoms with Gasteiger partial charge < -0.3 is 11.1 Å². The molecular formula is C10H18N4OS2. The van der Waals surface area contributed by atoms with Crippen molar-refractivity contribution in [3.05, 3.63) is 11.3 Å². The van der Waals surface area contributed by atoms with Crippen LogP contribution >= 0.6 is 12.2 Å². The molecule has 0 aliphatic rings. The highest BCUT2D eigenvalue weighted by Crippen LogP contribution is 2.18. The summed E-state index contributed by atoms with van der Waals surface area (Å²) >= 11 is 5.00. The van der Waals surface area contributed by atoms with Crippen LogP contribution in [0.25, 0.3) is 0 Å². The van der Waals surface area contributed by atoms with E-state index in [0.29, 0.717) is 23.0 Å². The first-order valence-electron chi connectivity index (χ1n) is 5.39. The van der Waals surface area contributed by atoms with Crippen LogP contribution in [0.3, 0.4) is 0 Å². The quantitative estimate of drug-likeness (QED) is 0.741. The average Bonchev–Trinajstić information content (AvgIpc) is 2.53. The molecule has 96 valence electrons. The summed E-state index contributed by atoms with van der Waals surface area (Å²) in [5, 5.41) is 7.45. The molecule has 1 unspecified atom stereocenters. The average molecular weight is 274 g/mol. The second-order valence-electron chi connectivity index (χ2n) is 3.66. The molecule has 1 aromatic rings. The smallest absolute Gasteiger partial charge is 0.134 e. The summed E-state index contributed by atoms with van der Waals surface area (Å²) in [6.45, 7) is 4.39. The third-order valence-corrected chi connectivity index (χ3v) is 3.92. The lowest BCUT2D eigenvalue weighted by Crippen LogP contribution is -2.18. The van der Waals surface area contributed by atoms with Gasteiger partial charge >= 0.3 is 0 Å². The first-order chi connectivity index (χ1) is 7.97. The maximum Gasteiger partial charge on any atom is 0.134 e. The molecule has 5 nitrogen and oxygen atoms in total. The molecule has 1 aromatic heterocycles. The maximum absolute atomic E-state index is 11.3. The van der Waals surface area contributed by atoms with E-state index < -0.39 is 10.8 Å². The SMILES string of the molecule is CCS(=O)CCNc1c(C(N)=S)c(C)nn1C. The summed E-state index contributed by atoms with van der Waals surface area (Å²) in [5.41, 5.74) is 7.24. The standard InChI is InChI=1S/C10H18N4OS2/c1-4-17(15)6-5-12-10-8(9(11)16)7(2)13-14(10)3/h12H,4-6H2,1-3H3,(H2,11,16). The number of thiocarbonyl (C=S) groups is 1. The Bertz CT molecular complexity index is 442. The van der Waals surface area contributed by atoms with Crippen molar-refractivity contribution in [1.82, 2.24) is 9.78 Å². The van der Waals surface area contributed by atoms with Crippen LogP contribution in [0.15, 0.2) is 0 Å². The van der Waals surface area contributed by atoms with Crippen molar-refractivity contribution >= 4 is 33.8 Å². The number of hydrogen-bond acceptors (Lipinski definition) is 4. The molecule has 0 fully saturated rings. The lowest BCUT2D eigenvalue weighted by atomic mass is 10.2. The molecule has 17 heavy (non-hydrogen) atoms. The van der Waals surface area contributed by atoms with E-state index in [0.717, 1.165) is 17.1 Å². The van der Waals surface area contributed by atoms with Gasteiger partial charge in [0, 0.05) is 35.9 Å².